The van der Waals surface area contributed by atoms with Crippen molar-refractivity contribution in [3.05, 3.63) is 57.4 Å². The molecule has 0 aliphatic carbocycles. The molecule has 2 aromatic heterocycles. The summed E-state index contributed by atoms with van der Waals surface area (Å²) in [7, 11) is 0. The van der Waals surface area contributed by atoms with E-state index in [4.69, 9.17) is 11.6 Å². The number of benzene rings is 1. The van der Waals surface area contributed by atoms with Crippen LogP contribution in [0.3, 0.4) is 0 Å². The highest BCUT2D eigenvalue weighted by molar-refractivity contribution is 7.11. The van der Waals surface area contributed by atoms with E-state index in [-0.39, 0.29) is 0 Å². The smallest absolute Gasteiger partial charge is 0.0738 e. The summed E-state index contributed by atoms with van der Waals surface area (Å²) in [5.74, 6) is 0. The van der Waals surface area contributed by atoms with Gasteiger partial charge in [0.05, 0.1) is 17.4 Å². The van der Waals surface area contributed by atoms with Crippen molar-refractivity contribution in [2.75, 3.05) is 5.43 Å². The van der Waals surface area contributed by atoms with E-state index >= 15 is 0 Å². The zero-order valence-electron chi connectivity index (χ0n) is 10.8. The molecule has 0 aliphatic rings. The van der Waals surface area contributed by atoms with E-state index in [2.05, 4.69) is 33.9 Å². The summed E-state index contributed by atoms with van der Waals surface area (Å²) in [6.45, 7) is 2.07. The maximum atomic E-state index is 5.97. The molecule has 0 amide bonds. The lowest BCUT2D eigenvalue weighted by atomic mass is 10.2. The van der Waals surface area contributed by atoms with Gasteiger partial charge in [-0.3, -0.25) is 10.4 Å². The molecule has 0 saturated carbocycles. The fraction of sp³-hybridized carbons (Fsp3) is 0.0667. The Morgan fingerprint density at radius 3 is 3.00 bits per heavy atom. The van der Waals surface area contributed by atoms with Crippen LogP contribution in [0.25, 0.3) is 10.9 Å². The molecule has 0 bridgehead atoms. The Bertz CT molecular complexity index is 780. The lowest BCUT2D eigenvalue weighted by molar-refractivity contribution is 1.33. The summed E-state index contributed by atoms with van der Waals surface area (Å²) in [5, 5.41) is 8.03. The van der Waals surface area contributed by atoms with Gasteiger partial charge in [-0.2, -0.15) is 5.10 Å². The summed E-state index contributed by atoms with van der Waals surface area (Å²) >= 11 is 7.64. The van der Waals surface area contributed by atoms with Crippen LogP contribution in [0.5, 0.6) is 0 Å². The van der Waals surface area contributed by atoms with Crippen molar-refractivity contribution < 1.29 is 0 Å². The zero-order chi connectivity index (χ0) is 13.9. The van der Waals surface area contributed by atoms with Gasteiger partial charge in [0.2, 0.25) is 0 Å². The number of anilines is 1. The van der Waals surface area contributed by atoms with Gasteiger partial charge in [-0.05, 0) is 48.2 Å². The number of hydrogen-bond donors (Lipinski definition) is 1. The van der Waals surface area contributed by atoms with Crippen molar-refractivity contribution >= 4 is 45.7 Å². The molecule has 1 N–H and O–H groups in total. The lowest BCUT2D eigenvalue weighted by Crippen LogP contribution is -1.92. The third-order valence-corrected chi connectivity index (χ3v) is 4.16. The molecular formula is C15H12ClN3S. The number of nitrogens with zero attached hydrogens (tertiary/aromatic N) is 2. The van der Waals surface area contributed by atoms with Crippen LogP contribution in [0.4, 0.5) is 5.69 Å². The number of nitrogens with one attached hydrogen (secondary N) is 1. The number of fused-ring (bicyclic) bond motifs is 1. The summed E-state index contributed by atoms with van der Waals surface area (Å²) in [6, 6.07) is 9.61. The van der Waals surface area contributed by atoms with Crippen LogP contribution in [0.1, 0.15) is 10.4 Å². The highest BCUT2D eigenvalue weighted by Gasteiger charge is 2.01. The predicted molar refractivity (Wildman–Crippen MR) is 87.0 cm³/mol. The number of halogens is 1. The molecule has 0 spiro atoms. The topological polar surface area (TPSA) is 37.3 Å². The van der Waals surface area contributed by atoms with E-state index in [1.54, 1.807) is 17.5 Å². The fourth-order valence-corrected chi connectivity index (χ4v) is 2.85. The van der Waals surface area contributed by atoms with Crippen LogP contribution in [-0.2, 0) is 0 Å². The normalized spacial score (nSPS) is 11.3. The summed E-state index contributed by atoms with van der Waals surface area (Å²) in [4.78, 5) is 5.45. The molecule has 2 heterocycles. The van der Waals surface area contributed by atoms with Crippen molar-refractivity contribution in [3.8, 4) is 0 Å². The van der Waals surface area contributed by atoms with Crippen LogP contribution < -0.4 is 5.43 Å². The molecule has 100 valence electrons. The van der Waals surface area contributed by atoms with Gasteiger partial charge in [-0.25, -0.2) is 0 Å². The van der Waals surface area contributed by atoms with Gasteiger partial charge in [-0.1, -0.05) is 11.6 Å². The summed E-state index contributed by atoms with van der Waals surface area (Å²) < 4.78 is 0. The second-order valence-electron chi connectivity index (χ2n) is 4.36. The highest BCUT2D eigenvalue weighted by Crippen LogP contribution is 2.24. The molecule has 20 heavy (non-hydrogen) atoms. The standard InChI is InChI=1S/C15H12ClN3S/c1-10-5-7-20-15(10)9-18-19-13-4-6-17-14-8-11(16)2-3-12(13)14/h2-9H,1H3,(H,17,19). The van der Waals surface area contributed by atoms with Gasteiger partial charge in [0.25, 0.3) is 0 Å². The molecule has 0 unspecified atom stereocenters. The van der Waals surface area contributed by atoms with Gasteiger partial charge < -0.3 is 0 Å². The van der Waals surface area contributed by atoms with E-state index in [0.717, 1.165) is 21.5 Å². The lowest BCUT2D eigenvalue weighted by Gasteiger charge is -2.05. The van der Waals surface area contributed by atoms with Gasteiger partial charge >= 0.3 is 0 Å². The van der Waals surface area contributed by atoms with Gasteiger partial charge in [-0.15, -0.1) is 11.3 Å². The SMILES string of the molecule is Cc1ccsc1C=NNc1ccnc2cc(Cl)ccc12. The van der Waals surface area contributed by atoms with Crippen LogP contribution in [0.15, 0.2) is 47.0 Å². The number of rotatable bonds is 3. The molecule has 3 rings (SSSR count). The third kappa shape index (κ3) is 2.66. The number of hydrazone groups is 1. The highest BCUT2D eigenvalue weighted by atomic mass is 35.5. The van der Waals surface area contributed by atoms with Crippen LogP contribution in [-0.4, -0.2) is 11.2 Å². The predicted octanol–water partition coefficient (Wildman–Crippen LogP) is 4.70. The summed E-state index contributed by atoms with van der Waals surface area (Å²) in [6.07, 6.45) is 3.58. The molecule has 0 atom stereocenters. The molecule has 3 aromatic rings. The number of pyridine rings is 1. The Balaban J connectivity index is 1.88. The van der Waals surface area contributed by atoms with Gasteiger partial charge in [0, 0.05) is 21.5 Å². The van der Waals surface area contributed by atoms with E-state index in [1.807, 2.05) is 30.5 Å². The van der Waals surface area contributed by atoms with Gasteiger partial charge in [0.15, 0.2) is 0 Å². The van der Waals surface area contributed by atoms with Crippen LogP contribution in [0.2, 0.25) is 5.02 Å². The van der Waals surface area contributed by atoms with Crippen molar-refractivity contribution in [1.29, 1.82) is 0 Å². The number of aromatic nitrogens is 1. The number of thiophene rings is 1. The van der Waals surface area contributed by atoms with E-state index in [0.29, 0.717) is 5.02 Å². The monoisotopic (exact) mass is 301 g/mol. The quantitative estimate of drug-likeness (QED) is 0.562. The molecule has 0 saturated heterocycles. The first-order chi connectivity index (χ1) is 9.74. The Hall–Kier alpha value is -1.91. The maximum Gasteiger partial charge on any atom is 0.0738 e. The Morgan fingerprint density at radius 2 is 2.20 bits per heavy atom. The molecule has 0 fully saturated rings. The second kappa shape index (κ2) is 5.61. The average molecular weight is 302 g/mol. The maximum absolute atomic E-state index is 5.97. The number of aryl methyl sites for hydroxylation is 1. The zero-order valence-corrected chi connectivity index (χ0v) is 12.4. The van der Waals surface area contributed by atoms with E-state index in [1.165, 1.54) is 5.56 Å². The molecule has 3 nitrogen and oxygen atoms in total. The minimum absolute atomic E-state index is 0.680. The Morgan fingerprint density at radius 1 is 1.30 bits per heavy atom. The van der Waals surface area contributed by atoms with Crippen molar-refractivity contribution in [3.63, 3.8) is 0 Å². The van der Waals surface area contributed by atoms with Gasteiger partial charge in [0.1, 0.15) is 0 Å². The second-order valence-corrected chi connectivity index (χ2v) is 5.74. The minimum atomic E-state index is 0.680. The van der Waals surface area contributed by atoms with Crippen LogP contribution in [0, 0.1) is 6.92 Å². The molecule has 5 heteroatoms. The Kier molecular flexibility index (Phi) is 3.67. The molecule has 0 radical (unpaired) electrons. The first-order valence-electron chi connectivity index (χ1n) is 6.11. The largest absolute Gasteiger partial charge is 0.278 e. The van der Waals surface area contributed by atoms with Crippen LogP contribution >= 0.6 is 22.9 Å². The minimum Gasteiger partial charge on any atom is -0.278 e. The molecule has 0 aliphatic heterocycles. The molecular weight excluding hydrogens is 290 g/mol. The average Bonchev–Trinajstić information content (AvgIpc) is 2.84. The first kappa shape index (κ1) is 13.1. The van der Waals surface area contributed by atoms with E-state index < -0.39 is 0 Å². The van der Waals surface area contributed by atoms with Crippen molar-refractivity contribution in [2.24, 2.45) is 5.10 Å². The number of hydrogen-bond acceptors (Lipinski definition) is 4. The van der Waals surface area contributed by atoms with E-state index in [9.17, 15) is 0 Å². The summed E-state index contributed by atoms with van der Waals surface area (Å²) in [5.41, 5.74) is 6.06. The van der Waals surface area contributed by atoms with Crippen molar-refractivity contribution in [2.45, 2.75) is 6.92 Å². The third-order valence-electron chi connectivity index (χ3n) is 2.97. The van der Waals surface area contributed by atoms with Crippen molar-refractivity contribution in [1.82, 2.24) is 4.98 Å². The Labute approximate surface area is 125 Å². The fourth-order valence-electron chi connectivity index (χ4n) is 1.90. The molecule has 1 aromatic carbocycles. The first-order valence-corrected chi connectivity index (χ1v) is 7.37.